The summed E-state index contributed by atoms with van der Waals surface area (Å²) in [6, 6.07) is 11.8. The van der Waals surface area contributed by atoms with Gasteiger partial charge in [-0.25, -0.2) is 13.6 Å². The van der Waals surface area contributed by atoms with Crippen LogP contribution in [-0.2, 0) is 16.1 Å². The number of alkyl carbamates (subject to hydrolysis) is 1. The van der Waals surface area contributed by atoms with E-state index < -0.39 is 52.3 Å². The number of carbonyl (C=O) groups excluding carboxylic acids is 2. The first-order valence-electron chi connectivity index (χ1n) is 12.6. The molecule has 1 heterocycles. The highest BCUT2D eigenvalue weighted by Crippen LogP contribution is 2.55. The molecule has 1 saturated carbocycles. The van der Waals surface area contributed by atoms with Gasteiger partial charge in [0, 0.05) is 28.6 Å². The molecule has 210 valence electrons. The van der Waals surface area contributed by atoms with Crippen LogP contribution in [0.5, 0.6) is 0 Å². The van der Waals surface area contributed by atoms with Gasteiger partial charge in [0.1, 0.15) is 36.6 Å². The van der Waals surface area contributed by atoms with Crippen LogP contribution in [0.1, 0.15) is 37.3 Å². The predicted molar refractivity (Wildman–Crippen MR) is 144 cm³/mol. The number of aliphatic hydroxyl groups is 2. The van der Waals surface area contributed by atoms with Crippen molar-refractivity contribution in [1.29, 1.82) is 0 Å². The smallest absolute Gasteiger partial charge is 0.407 e. The number of hydrogen-bond acceptors (Lipinski definition) is 7. The van der Waals surface area contributed by atoms with Gasteiger partial charge >= 0.3 is 6.09 Å². The van der Waals surface area contributed by atoms with Crippen molar-refractivity contribution < 1.29 is 33.3 Å². The number of aliphatic hydroxyl groups excluding tert-OH is 2. The fourth-order valence-electron chi connectivity index (χ4n) is 5.19. The fourth-order valence-corrected chi connectivity index (χ4v) is 6.37. The molecule has 4 N–H and O–H groups in total. The summed E-state index contributed by atoms with van der Waals surface area (Å²) in [6.45, 7) is 6.75. The molecule has 8 nitrogen and oxygen atoms in total. The molecule has 11 heteroatoms. The Labute approximate surface area is 230 Å². The normalized spacial score (nSPS) is 25.4. The van der Waals surface area contributed by atoms with Gasteiger partial charge in [-0.05, 0) is 38.0 Å². The van der Waals surface area contributed by atoms with Gasteiger partial charge in [0.2, 0.25) is 5.91 Å². The van der Waals surface area contributed by atoms with Crippen LogP contribution in [0.25, 0.3) is 0 Å². The Bertz CT molecular complexity index is 1200. The van der Waals surface area contributed by atoms with Gasteiger partial charge in [-0.2, -0.15) is 0 Å². The number of benzene rings is 2. The van der Waals surface area contributed by atoms with Crippen LogP contribution in [0.4, 0.5) is 13.6 Å². The maximum Gasteiger partial charge on any atom is 0.407 e. The SMILES string of the molecule is C=CCOC(=O)NC1([C@H](O)C(O)N2CSC(C)(C)[C@H]2C(=O)NCc2c(F)cccc2F)C[C@H]1c1ccccc1. The minimum atomic E-state index is -1.55. The van der Waals surface area contributed by atoms with E-state index in [0.717, 1.165) is 17.7 Å². The van der Waals surface area contributed by atoms with Gasteiger partial charge in [-0.3, -0.25) is 9.69 Å². The molecule has 2 aliphatic rings. The first kappa shape index (κ1) is 29.0. The molecule has 0 radical (unpaired) electrons. The van der Waals surface area contributed by atoms with Crippen molar-refractivity contribution in [3.8, 4) is 0 Å². The molecule has 4 rings (SSSR count). The second-order valence-corrected chi connectivity index (χ2v) is 11.9. The van der Waals surface area contributed by atoms with Crippen molar-refractivity contribution in [3.63, 3.8) is 0 Å². The Kier molecular flexibility index (Phi) is 8.65. The molecule has 2 aromatic rings. The molecule has 1 aliphatic heterocycles. The number of hydrogen-bond donors (Lipinski definition) is 4. The van der Waals surface area contributed by atoms with Gasteiger partial charge in [0.25, 0.3) is 0 Å². The largest absolute Gasteiger partial charge is 0.445 e. The highest BCUT2D eigenvalue weighted by molar-refractivity contribution is 8.00. The topological polar surface area (TPSA) is 111 Å². The number of ether oxygens (including phenoxy) is 1. The van der Waals surface area contributed by atoms with E-state index in [1.807, 2.05) is 44.2 Å². The van der Waals surface area contributed by atoms with E-state index in [1.165, 1.54) is 28.8 Å². The number of halogens is 2. The van der Waals surface area contributed by atoms with E-state index >= 15 is 0 Å². The molecule has 1 saturated heterocycles. The molecule has 0 aromatic heterocycles. The quantitative estimate of drug-likeness (QED) is 0.330. The van der Waals surface area contributed by atoms with Gasteiger partial charge in [0.15, 0.2) is 0 Å². The Morgan fingerprint density at radius 2 is 1.85 bits per heavy atom. The van der Waals surface area contributed by atoms with Crippen LogP contribution in [-0.4, -0.2) is 68.3 Å². The summed E-state index contributed by atoms with van der Waals surface area (Å²) in [4.78, 5) is 27.3. The highest BCUT2D eigenvalue weighted by atomic mass is 32.2. The summed E-state index contributed by atoms with van der Waals surface area (Å²) in [5, 5.41) is 28.3. The summed E-state index contributed by atoms with van der Waals surface area (Å²) < 4.78 is 32.6. The van der Waals surface area contributed by atoms with Crippen molar-refractivity contribution >= 4 is 23.8 Å². The minimum Gasteiger partial charge on any atom is -0.445 e. The zero-order chi connectivity index (χ0) is 28.4. The van der Waals surface area contributed by atoms with Gasteiger partial charge in [-0.15, -0.1) is 11.8 Å². The molecule has 5 atom stereocenters. The first-order valence-corrected chi connectivity index (χ1v) is 13.6. The van der Waals surface area contributed by atoms with Crippen LogP contribution < -0.4 is 10.6 Å². The number of nitrogens with one attached hydrogen (secondary N) is 2. The third kappa shape index (κ3) is 5.96. The fraction of sp³-hybridized carbons (Fsp3) is 0.429. The van der Waals surface area contributed by atoms with E-state index in [9.17, 15) is 28.6 Å². The van der Waals surface area contributed by atoms with Crippen LogP contribution in [0.3, 0.4) is 0 Å². The molecule has 39 heavy (non-hydrogen) atoms. The average Bonchev–Trinajstić information content (AvgIpc) is 3.54. The molecule has 2 amide bonds. The Morgan fingerprint density at radius 1 is 1.18 bits per heavy atom. The lowest BCUT2D eigenvalue weighted by Crippen LogP contribution is -2.61. The van der Waals surface area contributed by atoms with Crippen molar-refractivity contribution in [1.82, 2.24) is 15.5 Å². The number of nitrogens with zero attached hydrogens (tertiary/aromatic N) is 1. The van der Waals surface area contributed by atoms with E-state index in [1.54, 1.807) is 0 Å². The molecule has 0 spiro atoms. The van der Waals surface area contributed by atoms with E-state index in [4.69, 9.17) is 4.74 Å². The summed E-state index contributed by atoms with van der Waals surface area (Å²) in [7, 11) is 0. The number of rotatable bonds is 10. The second kappa shape index (κ2) is 11.6. The van der Waals surface area contributed by atoms with E-state index in [0.29, 0.717) is 6.42 Å². The molecule has 1 aliphatic carbocycles. The minimum absolute atomic E-state index is 0.0294. The Hall–Kier alpha value is -2.99. The predicted octanol–water partition coefficient (Wildman–Crippen LogP) is 3.25. The van der Waals surface area contributed by atoms with Crippen molar-refractivity contribution in [2.24, 2.45) is 0 Å². The summed E-state index contributed by atoms with van der Waals surface area (Å²) in [5.41, 5.74) is -0.648. The van der Waals surface area contributed by atoms with E-state index in [-0.39, 0.29) is 30.5 Å². The zero-order valence-electron chi connectivity index (χ0n) is 21.8. The summed E-state index contributed by atoms with van der Waals surface area (Å²) in [5.74, 6) is -2.22. The number of amides is 2. The average molecular weight is 562 g/mol. The first-order chi connectivity index (χ1) is 18.5. The standard InChI is InChI=1S/C28H33F2N3O5S/c1-4-13-38-26(37)32-28(14-19(28)17-9-6-5-7-10-17)23(34)25(36)33-16-39-27(2,3)22(33)24(35)31-15-18-20(29)11-8-12-21(18)30/h4-12,19,22-23,25,34,36H,1,13-16H2,2-3H3,(H,31,35)(H,32,37)/t19-,22+,23+,25?,28?/m0/s1. The van der Waals surface area contributed by atoms with Crippen molar-refractivity contribution in [2.75, 3.05) is 12.5 Å². The molecule has 2 unspecified atom stereocenters. The maximum absolute atomic E-state index is 14.1. The third-order valence-corrected chi connectivity index (χ3v) is 8.74. The van der Waals surface area contributed by atoms with E-state index in [2.05, 4.69) is 17.2 Å². The van der Waals surface area contributed by atoms with Crippen LogP contribution in [0, 0.1) is 11.6 Å². The number of carbonyl (C=O) groups is 2. The third-order valence-electron chi connectivity index (χ3n) is 7.35. The summed E-state index contributed by atoms with van der Waals surface area (Å²) in [6.07, 6.45) is -2.05. The Morgan fingerprint density at radius 3 is 2.49 bits per heavy atom. The second-order valence-electron chi connectivity index (χ2n) is 10.3. The molecule has 2 aromatic carbocycles. The monoisotopic (exact) mass is 561 g/mol. The van der Waals surface area contributed by atoms with Gasteiger partial charge in [0.05, 0.1) is 5.54 Å². The maximum atomic E-state index is 14.1. The Balaban J connectivity index is 1.55. The molecular formula is C28H33F2N3O5S. The van der Waals surface area contributed by atoms with Gasteiger partial charge < -0.3 is 25.6 Å². The van der Waals surface area contributed by atoms with Crippen LogP contribution in [0.2, 0.25) is 0 Å². The zero-order valence-corrected chi connectivity index (χ0v) is 22.6. The lowest BCUT2D eigenvalue weighted by Gasteiger charge is -2.38. The van der Waals surface area contributed by atoms with Crippen molar-refractivity contribution in [2.45, 2.75) is 61.4 Å². The molecular weight excluding hydrogens is 528 g/mol. The van der Waals surface area contributed by atoms with Crippen LogP contribution in [0.15, 0.2) is 61.2 Å². The van der Waals surface area contributed by atoms with Crippen LogP contribution >= 0.6 is 11.8 Å². The lowest BCUT2D eigenvalue weighted by molar-refractivity contribution is -0.140. The molecule has 2 fully saturated rings. The van der Waals surface area contributed by atoms with Gasteiger partial charge in [-0.1, -0.05) is 49.1 Å². The molecule has 0 bridgehead atoms. The summed E-state index contributed by atoms with van der Waals surface area (Å²) >= 11 is 1.39. The lowest BCUT2D eigenvalue weighted by atomic mass is 9.96. The number of thioether (sulfide) groups is 1. The highest BCUT2D eigenvalue weighted by Gasteiger charge is 2.64. The van der Waals surface area contributed by atoms with Crippen molar-refractivity contribution in [3.05, 3.63) is 83.9 Å².